The highest BCUT2D eigenvalue weighted by atomic mass is 31.2. The fourth-order valence-corrected chi connectivity index (χ4v) is 7.70. The average Bonchev–Trinajstić information content (AvgIpc) is 3.19. The van der Waals surface area contributed by atoms with Gasteiger partial charge >= 0.3 is 15.6 Å². The van der Waals surface area contributed by atoms with Crippen LogP contribution in [-0.2, 0) is 50.5 Å². The summed E-state index contributed by atoms with van der Waals surface area (Å²) in [5.74, 6) is 1.25. The van der Waals surface area contributed by atoms with Crippen molar-refractivity contribution in [2.45, 2.75) is 178 Å². The molecule has 0 aliphatic carbocycles. The maximum Gasteiger partial charge on any atom is 0.475 e. The van der Waals surface area contributed by atoms with E-state index in [0.29, 0.717) is 77.2 Å². The molecule has 0 fully saturated rings. The smallest absolute Gasteiger partial charge is 0.379 e. The van der Waals surface area contributed by atoms with Crippen molar-refractivity contribution in [2.75, 3.05) is 79.3 Å². The number of phosphoric acid groups is 2. The van der Waals surface area contributed by atoms with E-state index in [1.807, 2.05) is 0 Å². The van der Waals surface area contributed by atoms with E-state index in [1.165, 1.54) is 38.5 Å². The zero-order valence-corrected chi connectivity index (χ0v) is 39.1. The Hall–Kier alpha value is 0.1000. The van der Waals surface area contributed by atoms with Crippen molar-refractivity contribution >= 4 is 15.6 Å². The van der Waals surface area contributed by atoms with Crippen LogP contribution in [0.25, 0.3) is 0 Å². The fourth-order valence-electron chi connectivity index (χ4n) is 5.18. The molecule has 55 heavy (non-hydrogen) atoms. The summed E-state index contributed by atoms with van der Waals surface area (Å²) in [5, 5.41) is 0. The Balaban J connectivity index is 0. The molecule has 3 unspecified atom stereocenters. The van der Waals surface area contributed by atoms with E-state index in [1.54, 1.807) is 0 Å². The third kappa shape index (κ3) is 36.9. The monoisotopic (exact) mass is 833 g/mol. The van der Waals surface area contributed by atoms with E-state index in [-0.39, 0.29) is 19.8 Å². The molecule has 0 rings (SSSR count). The molecule has 3 atom stereocenters. The van der Waals surface area contributed by atoms with Crippen LogP contribution in [0.1, 0.15) is 178 Å². The van der Waals surface area contributed by atoms with Crippen LogP contribution in [0.5, 0.6) is 0 Å². The van der Waals surface area contributed by atoms with Gasteiger partial charge in [0, 0.05) is 19.8 Å². The van der Waals surface area contributed by atoms with Gasteiger partial charge in [-0.05, 0) is 56.3 Å². The van der Waals surface area contributed by atoms with Crippen LogP contribution in [-0.4, -0.2) is 79.3 Å². The third-order valence-corrected chi connectivity index (χ3v) is 12.3. The van der Waals surface area contributed by atoms with Gasteiger partial charge in [0.15, 0.2) is 0 Å². The Bertz CT molecular complexity index is 763. The normalized spacial score (nSPS) is 14.6. The van der Waals surface area contributed by atoms with Crippen molar-refractivity contribution in [3.63, 3.8) is 0 Å². The lowest BCUT2D eigenvalue weighted by molar-refractivity contribution is 0.0331. The molecule has 0 spiro atoms. The molecule has 0 saturated heterocycles. The number of rotatable bonds is 42. The summed E-state index contributed by atoms with van der Waals surface area (Å²) in [4.78, 5) is 0. The van der Waals surface area contributed by atoms with Gasteiger partial charge in [0.1, 0.15) is 0 Å². The molecule has 0 saturated carbocycles. The maximum atomic E-state index is 13.4. The molecular weight excluding hydrogens is 742 g/mol. The molecule has 0 bridgehead atoms. The first-order valence-electron chi connectivity index (χ1n) is 22.5. The Morgan fingerprint density at radius 3 is 0.818 bits per heavy atom. The Kier molecular flexibility index (Phi) is 43.9. The van der Waals surface area contributed by atoms with Crippen molar-refractivity contribution in [3.8, 4) is 0 Å². The second-order valence-electron chi connectivity index (χ2n) is 14.4. The van der Waals surface area contributed by atoms with Gasteiger partial charge in [0.25, 0.3) is 0 Å². The Morgan fingerprint density at radius 1 is 0.327 bits per heavy atom. The molecule has 0 aromatic carbocycles. The average molecular weight is 833 g/mol. The first-order chi connectivity index (χ1) is 26.7. The zero-order chi connectivity index (χ0) is 41.3. The molecule has 0 N–H and O–H groups in total. The lowest BCUT2D eigenvalue weighted by Crippen LogP contribution is -2.16. The SMILES string of the molecule is CCCCC(CC)COP(=O)(OCC(CC)CCCC)OCC(CC)CCCC.CCCCOCCOP(=O)(OCCOCCCC)OCCOCCCC. The minimum atomic E-state index is -3.63. The molecule has 0 aliphatic heterocycles. The predicted octanol–water partition coefficient (Wildman–Crippen LogP) is 13.4. The predicted molar refractivity (Wildman–Crippen MR) is 228 cm³/mol. The molecule has 13 heteroatoms. The van der Waals surface area contributed by atoms with Crippen molar-refractivity contribution in [1.29, 1.82) is 0 Å². The highest BCUT2D eigenvalue weighted by molar-refractivity contribution is 7.48. The molecule has 0 amide bonds. The van der Waals surface area contributed by atoms with E-state index < -0.39 is 15.6 Å². The van der Waals surface area contributed by atoms with Crippen molar-refractivity contribution in [2.24, 2.45) is 17.8 Å². The number of hydrogen-bond acceptors (Lipinski definition) is 11. The highest BCUT2D eigenvalue weighted by Gasteiger charge is 2.30. The van der Waals surface area contributed by atoms with Crippen molar-refractivity contribution in [3.05, 3.63) is 0 Å². The van der Waals surface area contributed by atoms with Crippen LogP contribution in [0.4, 0.5) is 0 Å². The zero-order valence-electron chi connectivity index (χ0n) is 37.3. The van der Waals surface area contributed by atoms with Gasteiger partial charge in [-0.1, -0.05) is 139 Å². The lowest BCUT2D eigenvalue weighted by Gasteiger charge is -2.25. The summed E-state index contributed by atoms with van der Waals surface area (Å²) in [6.07, 6.45) is 19.7. The van der Waals surface area contributed by atoms with Gasteiger partial charge in [0.2, 0.25) is 0 Å². The summed E-state index contributed by atoms with van der Waals surface area (Å²) in [7, 11) is -7.14. The van der Waals surface area contributed by atoms with E-state index in [2.05, 4.69) is 62.3 Å². The molecular formula is C42H90O11P2. The van der Waals surface area contributed by atoms with Crippen LogP contribution >= 0.6 is 15.6 Å². The summed E-state index contributed by atoms with van der Waals surface area (Å²) in [6, 6.07) is 0. The summed E-state index contributed by atoms with van der Waals surface area (Å²) < 4.78 is 76.0. The summed E-state index contributed by atoms with van der Waals surface area (Å²) in [6.45, 7) is 24.4. The summed E-state index contributed by atoms with van der Waals surface area (Å²) >= 11 is 0. The van der Waals surface area contributed by atoms with Gasteiger partial charge < -0.3 is 14.2 Å². The maximum absolute atomic E-state index is 13.4. The number of unbranched alkanes of at least 4 members (excludes halogenated alkanes) is 6. The van der Waals surface area contributed by atoms with Gasteiger partial charge in [-0.3, -0.25) is 27.1 Å². The highest BCUT2D eigenvalue weighted by Crippen LogP contribution is 2.51. The first kappa shape index (κ1) is 57.2. The van der Waals surface area contributed by atoms with Crippen molar-refractivity contribution < 1.29 is 50.5 Å². The first-order valence-corrected chi connectivity index (χ1v) is 25.4. The van der Waals surface area contributed by atoms with E-state index >= 15 is 0 Å². The molecule has 0 aromatic rings. The largest absolute Gasteiger partial charge is 0.475 e. The van der Waals surface area contributed by atoms with Crippen LogP contribution in [0.15, 0.2) is 0 Å². The van der Waals surface area contributed by atoms with Gasteiger partial charge in [-0.2, -0.15) is 0 Å². The van der Waals surface area contributed by atoms with Gasteiger partial charge in [-0.25, -0.2) is 9.13 Å². The molecule has 334 valence electrons. The molecule has 0 aliphatic rings. The van der Waals surface area contributed by atoms with Crippen LogP contribution < -0.4 is 0 Å². The second kappa shape index (κ2) is 42.2. The fraction of sp³-hybridized carbons (Fsp3) is 1.00. The molecule has 0 heterocycles. The number of phosphoric ester groups is 2. The minimum Gasteiger partial charge on any atom is -0.379 e. The Labute approximate surface area is 340 Å². The van der Waals surface area contributed by atoms with Gasteiger partial charge in [0.05, 0.1) is 59.5 Å². The van der Waals surface area contributed by atoms with E-state index in [9.17, 15) is 9.13 Å². The van der Waals surface area contributed by atoms with Crippen LogP contribution in [0, 0.1) is 17.8 Å². The molecule has 0 radical (unpaired) electrons. The minimum absolute atomic E-state index is 0.161. The van der Waals surface area contributed by atoms with Gasteiger partial charge in [-0.15, -0.1) is 0 Å². The topological polar surface area (TPSA) is 117 Å². The number of hydrogen-bond donors (Lipinski definition) is 0. The molecule has 0 aromatic heterocycles. The quantitative estimate of drug-likeness (QED) is 0.0432. The molecule has 11 nitrogen and oxygen atoms in total. The number of ether oxygens (including phenoxy) is 3. The van der Waals surface area contributed by atoms with Crippen LogP contribution in [0.2, 0.25) is 0 Å². The standard InChI is InChI=1S/C24H51O4P.C18H39O7P/c1-7-13-16-22(10-4)19-26-29(25,27-20-23(11-5)17-14-8-2)28-21-24(12-6)18-15-9-3;1-4-7-10-20-13-16-23-26(19,24-17-14-21-11-8-5-2)25-18-15-22-12-9-6-3/h22-24H,7-21H2,1-6H3;4-18H2,1-3H3. The van der Waals surface area contributed by atoms with Crippen molar-refractivity contribution in [1.82, 2.24) is 0 Å². The Morgan fingerprint density at radius 2 is 0.582 bits per heavy atom. The van der Waals surface area contributed by atoms with E-state index in [4.69, 9.17) is 41.4 Å². The van der Waals surface area contributed by atoms with Crippen LogP contribution in [0.3, 0.4) is 0 Å². The lowest BCUT2D eigenvalue weighted by atomic mass is 10.0. The third-order valence-electron chi connectivity index (χ3n) is 9.39. The summed E-state index contributed by atoms with van der Waals surface area (Å²) in [5.41, 5.74) is 0. The second-order valence-corrected chi connectivity index (χ2v) is 17.8. The van der Waals surface area contributed by atoms with E-state index in [0.717, 1.165) is 77.0 Å².